The van der Waals surface area contributed by atoms with Crippen LogP contribution < -0.4 is 0 Å². The minimum absolute atomic E-state index is 0.0281. The molecule has 0 radical (unpaired) electrons. The maximum absolute atomic E-state index is 12.5. The van der Waals surface area contributed by atoms with Crippen LogP contribution in [0.2, 0.25) is 0 Å². The summed E-state index contributed by atoms with van der Waals surface area (Å²) in [5, 5.41) is 0. The van der Waals surface area contributed by atoms with Gasteiger partial charge in [-0.15, -0.1) is 0 Å². The van der Waals surface area contributed by atoms with E-state index in [0.717, 1.165) is 0 Å². The summed E-state index contributed by atoms with van der Waals surface area (Å²) in [6.45, 7) is 3.81. The van der Waals surface area contributed by atoms with E-state index in [1.165, 1.54) is 14.2 Å². The molecule has 1 aliphatic heterocycles. The maximum Gasteiger partial charge on any atom is 0.334 e. The van der Waals surface area contributed by atoms with Crippen LogP contribution in [-0.2, 0) is 23.9 Å². The van der Waals surface area contributed by atoms with Crippen molar-refractivity contribution in [3.05, 3.63) is 23.3 Å². The third-order valence-corrected chi connectivity index (χ3v) is 5.94. The third kappa shape index (κ3) is 1.25. The average molecular weight is 305 g/mol. The molecule has 3 aliphatic carbocycles. The first kappa shape index (κ1) is 14.8. The molecule has 0 aromatic rings. The first-order valence-corrected chi connectivity index (χ1v) is 7.14. The summed E-state index contributed by atoms with van der Waals surface area (Å²) in [5.74, 6) is -2.01. The van der Waals surface area contributed by atoms with Gasteiger partial charge in [-0.1, -0.05) is 12.2 Å². The number of nitrogens with zero attached hydrogens (tertiary/aromatic N) is 1. The quantitative estimate of drug-likeness (QED) is 0.426. The van der Waals surface area contributed by atoms with Gasteiger partial charge in [0.15, 0.2) is 0 Å². The number of β-lactam (4-membered cyclic amide) rings is 1. The van der Waals surface area contributed by atoms with Crippen molar-refractivity contribution in [1.82, 2.24) is 4.90 Å². The van der Waals surface area contributed by atoms with E-state index in [9.17, 15) is 14.4 Å². The molecule has 118 valence electrons. The molecule has 0 unspecified atom stereocenters. The van der Waals surface area contributed by atoms with Crippen molar-refractivity contribution in [3.63, 3.8) is 0 Å². The number of ether oxygens (including phenoxy) is 2. The van der Waals surface area contributed by atoms with E-state index in [4.69, 9.17) is 9.47 Å². The van der Waals surface area contributed by atoms with E-state index in [2.05, 4.69) is 0 Å². The third-order valence-electron chi connectivity index (χ3n) is 5.94. The van der Waals surface area contributed by atoms with Crippen LogP contribution in [0.15, 0.2) is 23.3 Å². The number of methoxy groups -OCH3 is 2. The fourth-order valence-electron chi connectivity index (χ4n) is 4.44. The lowest BCUT2D eigenvalue weighted by Gasteiger charge is -2.70. The highest BCUT2D eigenvalue weighted by Gasteiger charge is 2.75. The van der Waals surface area contributed by atoms with Crippen LogP contribution in [0.25, 0.3) is 0 Å². The lowest BCUT2D eigenvalue weighted by Crippen LogP contribution is -2.81. The van der Waals surface area contributed by atoms with Crippen molar-refractivity contribution in [2.45, 2.75) is 19.4 Å². The van der Waals surface area contributed by atoms with Crippen molar-refractivity contribution in [2.75, 3.05) is 21.3 Å². The van der Waals surface area contributed by atoms with Crippen LogP contribution in [0.1, 0.15) is 13.8 Å². The summed E-state index contributed by atoms with van der Waals surface area (Å²) < 4.78 is 9.72. The predicted molar refractivity (Wildman–Crippen MR) is 76.5 cm³/mol. The summed E-state index contributed by atoms with van der Waals surface area (Å²) in [4.78, 5) is 38.7. The largest absolute Gasteiger partial charge is 0.466 e. The number of rotatable bonds is 2. The van der Waals surface area contributed by atoms with Crippen molar-refractivity contribution < 1.29 is 23.9 Å². The van der Waals surface area contributed by atoms with Gasteiger partial charge in [0.2, 0.25) is 5.91 Å². The minimum Gasteiger partial charge on any atom is -0.466 e. The zero-order valence-corrected chi connectivity index (χ0v) is 13.3. The zero-order valence-electron chi connectivity index (χ0n) is 13.3. The number of amides is 1. The van der Waals surface area contributed by atoms with Gasteiger partial charge >= 0.3 is 11.9 Å². The molecule has 1 amide bonds. The lowest BCUT2D eigenvalue weighted by atomic mass is 9.43. The number of carbonyl (C=O) groups excluding carboxylic acids is 3. The molecule has 0 spiro atoms. The average Bonchev–Trinajstić information content (AvgIpc) is 2.55. The summed E-state index contributed by atoms with van der Waals surface area (Å²) >= 11 is 0. The van der Waals surface area contributed by atoms with Gasteiger partial charge in [0.1, 0.15) is 0 Å². The monoisotopic (exact) mass is 305 g/mol. The van der Waals surface area contributed by atoms with E-state index in [1.807, 2.05) is 26.0 Å². The Kier molecular flexibility index (Phi) is 2.84. The van der Waals surface area contributed by atoms with Crippen LogP contribution in [0, 0.1) is 17.3 Å². The first-order chi connectivity index (χ1) is 10.3. The van der Waals surface area contributed by atoms with Gasteiger partial charge in [0.25, 0.3) is 0 Å². The molecular weight excluding hydrogens is 286 g/mol. The molecule has 0 N–H and O–H groups in total. The summed E-state index contributed by atoms with van der Waals surface area (Å²) in [5.41, 5.74) is -0.739. The number of allylic oxidation sites excluding steroid dienone is 1. The zero-order chi connectivity index (χ0) is 16.4. The highest BCUT2D eigenvalue weighted by atomic mass is 16.5. The molecule has 0 aromatic heterocycles. The summed E-state index contributed by atoms with van der Waals surface area (Å²) in [6.07, 6.45) is 3.74. The molecule has 22 heavy (non-hydrogen) atoms. The number of hydrogen-bond donors (Lipinski definition) is 0. The Balaban J connectivity index is 2.27. The molecule has 6 nitrogen and oxygen atoms in total. The fourth-order valence-corrected chi connectivity index (χ4v) is 4.44. The Bertz CT molecular complexity index is 663. The summed E-state index contributed by atoms with van der Waals surface area (Å²) in [7, 11) is 4.28. The van der Waals surface area contributed by atoms with Crippen LogP contribution in [0.3, 0.4) is 0 Å². The first-order valence-electron chi connectivity index (χ1n) is 7.14. The van der Waals surface area contributed by atoms with Gasteiger partial charge in [0, 0.05) is 18.9 Å². The second-order valence-electron chi connectivity index (χ2n) is 6.36. The Morgan fingerprint density at radius 3 is 2.00 bits per heavy atom. The van der Waals surface area contributed by atoms with Gasteiger partial charge in [-0.05, 0) is 13.8 Å². The Morgan fingerprint density at radius 1 is 1.05 bits per heavy atom. The lowest BCUT2D eigenvalue weighted by molar-refractivity contribution is -0.200. The standard InChI is InChI=1S/C16H19NO5/c1-15-8-6-7-9(16(15,2)17(3)14(15)20)11(13(19)22-5)10(8)12(18)21-4/h6-9H,1-5H3/t8-,9-,15-,16-/m1/s1. The minimum atomic E-state index is -0.748. The molecule has 6 heteroatoms. The van der Waals surface area contributed by atoms with E-state index in [-0.39, 0.29) is 17.4 Å². The van der Waals surface area contributed by atoms with E-state index >= 15 is 0 Å². The SMILES string of the molecule is COC(=O)C1=C(C(=O)OC)[C@H]2C=C[C@H]1[C@]1(C)C(=O)N(C)[C@]21C. The summed E-state index contributed by atoms with van der Waals surface area (Å²) in [6, 6.07) is 0. The van der Waals surface area contributed by atoms with Crippen LogP contribution in [-0.4, -0.2) is 49.6 Å². The molecule has 1 saturated heterocycles. The van der Waals surface area contributed by atoms with Gasteiger partial charge < -0.3 is 14.4 Å². The molecule has 1 heterocycles. The Labute approximate surface area is 128 Å². The molecular formula is C16H19NO5. The number of esters is 2. The second kappa shape index (κ2) is 4.21. The number of carbonyl (C=O) groups is 3. The molecule has 0 aromatic carbocycles. The Hall–Kier alpha value is -2.11. The van der Waals surface area contributed by atoms with Gasteiger partial charge in [0.05, 0.1) is 36.3 Å². The van der Waals surface area contributed by atoms with Crippen LogP contribution >= 0.6 is 0 Å². The van der Waals surface area contributed by atoms with Crippen molar-refractivity contribution >= 4 is 17.8 Å². The van der Waals surface area contributed by atoms with Gasteiger partial charge in [-0.2, -0.15) is 0 Å². The highest BCUT2D eigenvalue weighted by Crippen LogP contribution is 2.65. The van der Waals surface area contributed by atoms with E-state index in [1.54, 1.807) is 11.9 Å². The van der Waals surface area contributed by atoms with Crippen molar-refractivity contribution in [1.29, 1.82) is 0 Å². The second-order valence-corrected chi connectivity index (χ2v) is 6.36. The molecule has 2 bridgehead atoms. The molecule has 0 saturated carbocycles. The normalized spacial score (nSPS) is 38.6. The molecule has 4 aliphatic rings. The molecule has 1 fully saturated rings. The van der Waals surface area contributed by atoms with Crippen molar-refractivity contribution in [2.24, 2.45) is 17.3 Å². The maximum atomic E-state index is 12.5. The van der Waals surface area contributed by atoms with Crippen LogP contribution in [0.4, 0.5) is 0 Å². The van der Waals surface area contributed by atoms with E-state index < -0.39 is 28.8 Å². The smallest absolute Gasteiger partial charge is 0.334 e. The highest BCUT2D eigenvalue weighted by molar-refractivity contribution is 6.07. The Morgan fingerprint density at radius 2 is 1.50 bits per heavy atom. The van der Waals surface area contributed by atoms with Gasteiger partial charge in [-0.25, -0.2) is 9.59 Å². The topological polar surface area (TPSA) is 72.9 Å². The number of hydrogen-bond acceptors (Lipinski definition) is 5. The van der Waals surface area contributed by atoms with Crippen molar-refractivity contribution in [3.8, 4) is 0 Å². The van der Waals surface area contributed by atoms with Crippen LogP contribution in [0.5, 0.6) is 0 Å². The van der Waals surface area contributed by atoms with Gasteiger partial charge in [-0.3, -0.25) is 4.79 Å². The predicted octanol–water partition coefficient (Wildman–Crippen LogP) is 0.682. The molecule has 4 atom stereocenters. The molecule has 4 rings (SSSR count). The van der Waals surface area contributed by atoms with E-state index in [0.29, 0.717) is 5.57 Å². The number of likely N-dealkylation sites (tertiary alicyclic amines) is 1. The fraction of sp³-hybridized carbons (Fsp3) is 0.562.